The maximum atomic E-state index is 13.3. The zero-order valence-corrected chi connectivity index (χ0v) is 8.88. The van der Waals surface area contributed by atoms with Crippen molar-refractivity contribution in [2.24, 2.45) is 5.92 Å². The molecule has 0 radical (unpaired) electrons. The zero-order chi connectivity index (χ0) is 10.1. The number of benzene rings is 1. The first-order chi connectivity index (χ1) is 6.68. The van der Waals surface area contributed by atoms with Gasteiger partial charge in [0, 0.05) is 4.47 Å². The average Bonchev–Trinajstić information content (AvgIpc) is 2.06. The minimum atomic E-state index is -0.467. The van der Waals surface area contributed by atoms with Crippen molar-refractivity contribution < 1.29 is 13.9 Å². The smallest absolute Gasteiger partial charge is 0.173 e. The second-order valence-corrected chi connectivity index (χ2v) is 4.14. The second kappa shape index (κ2) is 3.79. The summed E-state index contributed by atoms with van der Waals surface area (Å²) in [5.41, 5.74) is 0.146. The van der Waals surface area contributed by atoms with Gasteiger partial charge in [0.15, 0.2) is 5.78 Å². The van der Waals surface area contributed by atoms with Crippen LogP contribution in [0.2, 0.25) is 0 Å². The number of carbonyl (C=O) groups is 1. The molecule has 0 unspecified atom stereocenters. The minimum Gasteiger partial charge on any atom is -0.380 e. The highest BCUT2D eigenvalue weighted by Gasteiger charge is 2.29. The lowest BCUT2D eigenvalue weighted by Crippen LogP contribution is -2.35. The van der Waals surface area contributed by atoms with E-state index in [1.807, 2.05) is 0 Å². The van der Waals surface area contributed by atoms with Crippen LogP contribution >= 0.6 is 15.9 Å². The molecule has 1 aromatic rings. The summed E-state index contributed by atoms with van der Waals surface area (Å²) >= 11 is 3.20. The fourth-order valence-electron chi connectivity index (χ4n) is 1.29. The van der Waals surface area contributed by atoms with E-state index < -0.39 is 5.82 Å². The summed E-state index contributed by atoms with van der Waals surface area (Å²) < 4.78 is 18.9. The Morgan fingerprint density at radius 2 is 2.21 bits per heavy atom. The van der Waals surface area contributed by atoms with E-state index in [0.29, 0.717) is 17.7 Å². The summed E-state index contributed by atoms with van der Waals surface area (Å²) in [5.74, 6) is -0.807. The van der Waals surface area contributed by atoms with Crippen molar-refractivity contribution in [1.82, 2.24) is 0 Å². The Hall–Kier alpha value is -0.740. The number of hydrogen-bond acceptors (Lipinski definition) is 2. The Balaban J connectivity index is 2.29. The summed E-state index contributed by atoms with van der Waals surface area (Å²) in [6.07, 6.45) is 0. The molecular weight excluding hydrogens is 251 g/mol. The summed E-state index contributed by atoms with van der Waals surface area (Å²) in [7, 11) is 0. The van der Waals surface area contributed by atoms with Crippen LogP contribution < -0.4 is 0 Å². The Labute approximate surface area is 89.2 Å². The van der Waals surface area contributed by atoms with Gasteiger partial charge in [0.25, 0.3) is 0 Å². The van der Waals surface area contributed by atoms with Gasteiger partial charge in [0.2, 0.25) is 0 Å². The predicted molar refractivity (Wildman–Crippen MR) is 52.7 cm³/mol. The fourth-order valence-corrected chi connectivity index (χ4v) is 1.65. The molecule has 0 bridgehead atoms. The van der Waals surface area contributed by atoms with Crippen molar-refractivity contribution in [3.05, 3.63) is 34.1 Å². The van der Waals surface area contributed by atoms with Gasteiger partial charge in [-0.15, -0.1) is 0 Å². The molecule has 1 aliphatic heterocycles. The van der Waals surface area contributed by atoms with Crippen LogP contribution in [0.1, 0.15) is 10.4 Å². The predicted octanol–water partition coefficient (Wildman–Crippen LogP) is 2.42. The molecule has 1 saturated heterocycles. The van der Waals surface area contributed by atoms with Crippen molar-refractivity contribution >= 4 is 21.7 Å². The molecule has 74 valence electrons. The average molecular weight is 259 g/mol. The van der Waals surface area contributed by atoms with Gasteiger partial charge >= 0.3 is 0 Å². The molecule has 0 N–H and O–H groups in total. The lowest BCUT2D eigenvalue weighted by atomic mass is 9.96. The standard InChI is InChI=1S/C10H8BrFO2/c11-7-1-2-9(12)8(3-7)10(13)6-4-14-5-6/h1-3,6H,4-5H2. The third-order valence-electron chi connectivity index (χ3n) is 2.20. The topological polar surface area (TPSA) is 26.3 Å². The van der Waals surface area contributed by atoms with Crippen molar-refractivity contribution in [3.8, 4) is 0 Å². The van der Waals surface area contributed by atoms with E-state index in [2.05, 4.69) is 15.9 Å². The van der Waals surface area contributed by atoms with Crippen molar-refractivity contribution in [1.29, 1.82) is 0 Å². The van der Waals surface area contributed by atoms with Crippen LogP contribution in [0.15, 0.2) is 22.7 Å². The Morgan fingerprint density at radius 3 is 2.79 bits per heavy atom. The molecule has 14 heavy (non-hydrogen) atoms. The third-order valence-corrected chi connectivity index (χ3v) is 2.70. The Morgan fingerprint density at radius 1 is 1.50 bits per heavy atom. The molecule has 1 aliphatic rings. The summed E-state index contributed by atoms with van der Waals surface area (Å²) in [4.78, 5) is 11.7. The second-order valence-electron chi connectivity index (χ2n) is 3.22. The maximum Gasteiger partial charge on any atom is 0.173 e. The largest absolute Gasteiger partial charge is 0.380 e. The summed E-state index contributed by atoms with van der Waals surface area (Å²) in [6.45, 7) is 0.815. The molecule has 0 aromatic heterocycles. The minimum absolute atomic E-state index is 0.146. The van der Waals surface area contributed by atoms with Gasteiger partial charge in [-0.2, -0.15) is 0 Å². The van der Waals surface area contributed by atoms with Crippen LogP contribution in [-0.2, 0) is 4.74 Å². The fraction of sp³-hybridized carbons (Fsp3) is 0.300. The number of halogens is 2. The Bertz CT molecular complexity index is 374. The first kappa shape index (κ1) is 9.80. The highest BCUT2D eigenvalue weighted by atomic mass is 79.9. The first-order valence-electron chi connectivity index (χ1n) is 4.25. The third kappa shape index (κ3) is 1.72. The van der Waals surface area contributed by atoms with Gasteiger partial charge in [-0.25, -0.2) is 4.39 Å². The molecule has 0 saturated carbocycles. The van der Waals surface area contributed by atoms with E-state index in [4.69, 9.17) is 4.74 Å². The van der Waals surface area contributed by atoms with Crippen molar-refractivity contribution in [3.63, 3.8) is 0 Å². The molecule has 1 heterocycles. The molecule has 0 aliphatic carbocycles. The molecule has 0 amide bonds. The zero-order valence-electron chi connectivity index (χ0n) is 7.30. The number of carbonyl (C=O) groups excluding carboxylic acids is 1. The van der Waals surface area contributed by atoms with Crippen LogP contribution in [0.3, 0.4) is 0 Å². The number of ether oxygens (including phenoxy) is 1. The highest BCUT2D eigenvalue weighted by molar-refractivity contribution is 9.10. The van der Waals surface area contributed by atoms with Crippen LogP contribution in [0.25, 0.3) is 0 Å². The van der Waals surface area contributed by atoms with E-state index >= 15 is 0 Å². The molecule has 2 nitrogen and oxygen atoms in total. The van der Waals surface area contributed by atoms with E-state index in [0.717, 1.165) is 0 Å². The van der Waals surface area contributed by atoms with E-state index in [-0.39, 0.29) is 17.3 Å². The van der Waals surface area contributed by atoms with Crippen molar-refractivity contribution in [2.45, 2.75) is 0 Å². The molecule has 2 rings (SSSR count). The molecule has 0 spiro atoms. The normalized spacial score (nSPS) is 16.4. The quantitative estimate of drug-likeness (QED) is 0.762. The lowest BCUT2D eigenvalue weighted by Gasteiger charge is -2.24. The SMILES string of the molecule is O=C(c1cc(Br)ccc1F)C1COC1. The van der Waals surface area contributed by atoms with Gasteiger partial charge in [-0.05, 0) is 18.2 Å². The van der Waals surface area contributed by atoms with Crippen LogP contribution in [0.4, 0.5) is 4.39 Å². The van der Waals surface area contributed by atoms with Gasteiger partial charge in [0.05, 0.1) is 24.7 Å². The van der Waals surface area contributed by atoms with Crippen LogP contribution in [-0.4, -0.2) is 19.0 Å². The Kier molecular flexibility index (Phi) is 2.65. The lowest BCUT2D eigenvalue weighted by molar-refractivity contribution is -0.0196. The molecule has 1 aromatic carbocycles. The van der Waals surface area contributed by atoms with Gasteiger partial charge in [-0.3, -0.25) is 4.79 Å². The van der Waals surface area contributed by atoms with E-state index in [1.54, 1.807) is 6.07 Å². The van der Waals surface area contributed by atoms with Gasteiger partial charge in [-0.1, -0.05) is 15.9 Å². The highest BCUT2D eigenvalue weighted by Crippen LogP contribution is 2.22. The molecule has 1 fully saturated rings. The number of Topliss-reactive ketones (excluding diaryl/α,β-unsaturated/α-hetero) is 1. The molecule has 4 heteroatoms. The maximum absolute atomic E-state index is 13.3. The summed E-state index contributed by atoms with van der Waals surface area (Å²) in [6, 6.07) is 4.37. The number of ketones is 1. The van der Waals surface area contributed by atoms with Gasteiger partial charge in [0.1, 0.15) is 5.82 Å². The van der Waals surface area contributed by atoms with E-state index in [1.165, 1.54) is 12.1 Å². The van der Waals surface area contributed by atoms with E-state index in [9.17, 15) is 9.18 Å². The van der Waals surface area contributed by atoms with Crippen LogP contribution in [0, 0.1) is 11.7 Å². The van der Waals surface area contributed by atoms with Crippen LogP contribution in [0.5, 0.6) is 0 Å². The number of rotatable bonds is 2. The van der Waals surface area contributed by atoms with Crippen molar-refractivity contribution in [2.75, 3.05) is 13.2 Å². The summed E-state index contributed by atoms with van der Waals surface area (Å²) in [5, 5.41) is 0. The van der Waals surface area contributed by atoms with Gasteiger partial charge < -0.3 is 4.74 Å². The monoisotopic (exact) mass is 258 g/mol. The first-order valence-corrected chi connectivity index (χ1v) is 5.05. The number of hydrogen-bond donors (Lipinski definition) is 0. The molecule has 0 atom stereocenters. The molecular formula is C10H8BrFO2.